The molecule has 1 aromatic heterocycles. The number of hydrogen-bond donors (Lipinski definition) is 1. The second-order valence-corrected chi connectivity index (χ2v) is 6.19. The minimum Gasteiger partial charge on any atom is -0.378 e. The minimum atomic E-state index is 0.436. The molecule has 0 spiro atoms. The van der Waals surface area contributed by atoms with Gasteiger partial charge in [-0.1, -0.05) is 19.9 Å². The standard InChI is InChI=1S/C17H29N3O/c1-4-21-16-7-9-20(10-8-16)17-6-5-15(13-19-17)12-18-11-14(2)3/h5-6,13-14,16,18H,4,7-12H2,1-3H3. The number of nitrogens with zero attached hydrogens (tertiary/aromatic N) is 2. The summed E-state index contributed by atoms with van der Waals surface area (Å²) in [4.78, 5) is 6.98. The Morgan fingerprint density at radius 3 is 2.67 bits per heavy atom. The summed E-state index contributed by atoms with van der Waals surface area (Å²) in [6.07, 6.45) is 4.64. The molecule has 1 N–H and O–H groups in total. The molecule has 21 heavy (non-hydrogen) atoms. The number of piperidine rings is 1. The van der Waals surface area contributed by atoms with Crippen molar-refractivity contribution in [2.75, 3.05) is 31.1 Å². The fourth-order valence-corrected chi connectivity index (χ4v) is 2.70. The summed E-state index contributed by atoms with van der Waals surface area (Å²) in [6, 6.07) is 4.33. The molecule has 2 heterocycles. The van der Waals surface area contributed by atoms with Crippen LogP contribution in [-0.4, -0.2) is 37.3 Å². The molecule has 0 bridgehead atoms. The Bertz CT molecular complexity index is 397. The number of anilines is 1. The number of ether oxygens (including phenoxy) is 1. The summed E-state index contributed by atoms with van der Waals surface area (Å²) in [5, 5.41) is 3.45. The SMILES string of the molecule is CCOC1CCN(c2ccc(CNCC(C)C)cn2)CC1. The van der Waals surface area contributed by atoms with E-state index in [2.05, 4.69) is 48.1 Å². The Morgan fingerprint density at radius 1 is 1.33 bits per heavy atom. The molecule has 0 unspecified atom stereocenters. The first kappa shape index (κ1) is 16.2. The molecular weight excluding hydrogens is 262 g/mol. The van der Waals surface area contributed by atoms with Crippen LogP contribution in [-0.2, 0) is 11.3 Å². The van der Waals surface area contributed by atoms with Crippen molar-refractivity contribution >= 4 is 5.82 Å². The van der Waals surface area contributed by atoms with E-state index in [1.54, 1.807) is 0 Å². The van der Waals surface area contributed by atoms with E-state index in [1.165, 1.54) is 5.56 Å². The van der Waals surface area contributed by atoms with Crippen LogP contribution in [0.5, 0.6) is 0 Å². The minimum absolute atomic E-state index is 0.436. The molecule has 118 valence electrons. The number of hydrogen-bond acceptors (Lipinski definition) is 4. The van der Waals surface area contributed by atoms with Crippen LogP contribution < -0.4 is 10.2 Å². The second kappa shape index (κ2) is 8.35. The van der Waals surface area contributed by atoms with Gasteiger partial charge in [0.1, 0.15) is 5.82 Å². The van der Waals surface area contributed by atoms with Crippen molar-refractivity contribution in [3.8, 4) is 0 Å². The van der Waals surface area contributed by atoms with Gasteiger partial charge in [-0.3, -0.25) is 0 Å². The monoisotopic (exact) mass is 291 g/mol. The lowest BCUT2D eigenvalue weighted by Gasteiger charge is -2.32. The van der Waals surface area contributed by atoms with E-state index in [-0.39, 0.29) is 0 Å². The molecule has 0 aromatic carbocycles. The van der Waals surface area contributed by atoms with Crippen LogP contribution in [0.4, 0.5) is 5.82 Å². The highest BCUT2D eigenvalue weighted by Crippen LogP contribution is 2.19. The Morgan fingerprint density at radius 2 is 2.10 bits per heavy atom. The zero-order valence-electron chi connectivity index (χ0n) is 13.6. The van der Waals surface area contributed by atoms with Gasteiger partial charge in [-0.05, 0) is 43.9 Å². The second-order valence-electron chi connectivity index (χ2n) is 6.19. The Kier molecular flexibility index (Phi) is 6.46. The van der Waals surface area contributed by atoms with E-state index in [9.17, 15) is 0 Å². The summed E-state index contributed by atoms with van der Waals surface area (Å²) >= 11 is 0. The van der Waals surface area contributed by atoms with E-state index < -0.39 is 0 Å². The first-order chi connectivity index (χ1) is 10.2. The molecule has 0 radical (unpaired) electrons. The molecule has 1 fully saturated rings. The first-order valence-corrected chi connectivity index (χ1v) is 8.21. The predicted molar refractivity (Wildman–Crippen MR) is 87.6 cm³/mol. The fraction of sp³-hybridized carbons (Fsp3) is 0.706. The van der Waals surface area contributed by atoms with Gasteiger partial charge in [0.25, 0.3) is 0 Å². The molecule has 2 rings (SSSR count). The molecule has 1 aliphatic heterocycles. The molecule has 4 heteroatoms. The van der Waals surface area contributed by atoms with Crippen LogP contribution in [0.2, 0.25) is 0 Å². The molecular formula is C17H29N3O. The van der Waals surface area contributed by atoms with Crippen molar-refractivity contribution in [1.82, 2.24) is 10.3 Å². The van der Waals surface area contributed by atoms with E-state index in [0.717, 1.165) is 51.4 Å². The molecule has 4 nitrogen and oxygen atoms in total. The summed E-state index contributed by atoms with van der Waals surface area (Å²) in [7, 11) is 0. The first-order valence-electron chi connectivity index (χ1n) is 8.21. The zero-order valence-corrected chi connectivity index (χ0v) is 13.6. The van der Waals surface area contributed by atoms with Gasteiger partial charge < -0.3 is 15.0 Å². The third kappa shape index (κ3) is 5.29. The highest BCUT2D eigenvalue weighted by molar-refractivity contribution is 5.39. The number of nitrogens with one attached hydrogen (secondary N) is 1. The largest absolute Gasteiger partial charge is 0.378 e. The molecule has 0 aliphatic carbocycles. The average Bonchev–Trinajstić information content (AvgIpc) is 2.49. The van der Waals surface area contributed by atoms with Crippen LogP contribution in [0.3, 0.4) is 0 Å². The maximum atomic E-state index is 5.69. The van der Waals surface area contributed by atoms with Crippen molar-refractivity contribution in [1.29, 1.82) is 0 Å². The van der Waals surface area contributed by atoms with Gasteiger partial charge in [0, 0.05) is 32.4 Å². The van der Waals surface area contributed by atoms with Crippen molar-refractivity contribution in [3.63, 3.8) is 0 Å². The Balaban J connectivity index is 1.79. The van der Waals surface area contributed by atoms with Crippen molar-refractivity contribution in [3.05, 3.63) is 23.9 Å². The predicted octanol–water partition coefficient (Wildman–Crippen LogP) is 2.83. The smallest absolute Gasteiger partial charge is 0.128 e. The van der Waals surface area contributed by atoms with E-state index in [0.29, 0.717) is 12.0 Å². The van der Waals surface area contributed by atoms with E-state index >= 15 is 0 Å². The average molecular weight is 291 g/mol. The van der Waals surface area contributed by atoms with Gasteiger partial charge in [0.15, 0.2) is 0 Å². The van der Waals surface area contributed by atoms with E-state index in [4.69, 9.17) is 4.74 Å². The van der Waals surface area contributed by atoms with Gasteiger partial charge in [0.05, 0.1) is 6.10 Å². The lowest BCUT2D eigenvalue weighted by atomic mass is 10.1. The molecule has 1 aromatic rings. The van der Waals surface area contributed by atoms with Gasteiger partial charge >= 0.3 is 0 Å². The third-order valence-electron chi connectivity index (χ3n) is 3.86. The van der Waals surface area contributed by atoms with Crippen LogP contribution in [0.1, 0.15) is 39.2 Å². The number of pyridine rings is 1. The van der Waals surface area contributed by atoms with E-state index in [1.807, 2.05) is 6.20 Å². The summed E-state index contributed by atoms with van der Waals surface area (Å²) in [5.74, 6) is 1.78. The lowest BCUT2D eigenvalue weighted by Crippen LogP contribution is -2.37. The summed E-state index contributed by atoms with van der Waals surface area (Å²) < 4.78 is 5.69. The van der Waals surface area contributed by atoms with Crippen LogP contribution in [0, 0.1) is 5.92 Å². The van der Waals surface area contributed by atoms with Gasteiger partial charge in [-0.25, -0.2) is 4.98 Å². The molecule has 0 atom stereocenters. The molecule has 0 amide bonds. The lowest BCUT2D eigenvalue weighted by molar-refractivity contribution is 0.0458. The quantitative estimate of drug-likeness (QED) is 0.838. The number of rotatable bonds is 7. The maximum Gasteiger partial charge on any atom is 0.128 e. The van der Waals surface area contributed by atoms with Gasteiger partial charge in [0.2, 0.25) is 0 Å². The van der Waals surface area contributed by atoms with Gasteiger partial charge in [-0.2, -0.15) is 0 Å². The molecule has 1 saturated heterocycles. The summed E-state index contributed by atoms with van der Waals surface area (Å²) in [5.41, 5.74) is 1.25. The normalized spacial score (nSPS) is 16.7. The van der Waals surface area contributed by atoms with Crippen LogP contribution in [0.15, 0.2) is 18.3 Å². The topological polar surface area (TPSA) is 37.4 Å². The maximum absolute atomic E-state index is 5.69. The fourth-order valence-electron chi connectivity index (χ4n) is 2.70. The third-order valence-corrected chi connectivity index (χ3v) is 3.86. The Hall–Kier alpha value is -1.13. The zero-order chi connectivity index (χ0) is 15.1. The highest BCUT2D eigenvalue weighted by Gasteiger charge is 2.19. The number of aromatic nitrogens is 1. The van der Waals surface area contributed by atoms with Gasteiger partial charge in [-0.15, -0.1) is 0 Å². The van der Waals surface area contributed by atoms with Crippen LogP contribution >= 0.6 is 0 Å². The highest BCUT2D eigenvalue weighted by atomic mass is 16.5. The molecule has 1 aliphatic rings. The Labute approximate surface area is 128 Å². The van der Waals surface area contributed by atoms with Crippen molar-refractivity contribution < 1.29 is 4.74 Å². The van der Waals surface area contributed by atoms with Crippen LogP contribution in [0.25, 0.3) is 0 Å². The summed E-state index contributed by atoms with van der Waals surface area (Å²) in [6.45, 7) is 11.4. The molecule has 0 saturated carbocycles. The van der Waals surface area contributed by atoms with Crippen molar-refractivity contribution in [2.45, 2.75) is 46.3 Å². The van der Waals surface area contributed by atoms with Crippen molar-refractivity contribution in [2.24, 2.45) is 5.92 Å².